The number of anilines is 1. The molecule has 4 heteroatoms. The van der Waals surface area contributed by atoms with E-state index in [1.165, 1.54) is 5.56 Å². The van der Waals surface area contributed by atoms with Gasteiger partial charge in [-0.15, -0.1) is 0 Å². The van der Waals surface area contributed by atoms with Crippen molar-refractivity contribution in [3.05, 3.63) is 28.2 Å². The summed E-state index contributed by atoms with van der Waals surface area (Å²) in [5.41, 5.74) is 2.11. The number of hydrogen-bond acceptors (Lipinski definition) is 2. The third-order valence-corrected chi connectivity index (χ3v) is 2.89. The maximum atomic E-state index is 10.8. The minimum Gasteiger partial charge on any atom is -0.480 e. The van der Waals surface area contributed by atoms with Gasteiger partial charge in [0.15, 0.2) is 0 Å². The lowest BCUT2D eigenvalue weighted by atomic mass is 9.98. The lowest BCUT2D eigenvalue weighted by Gasteiger charge is -2.23. The van der Waals surface area contributed by atoms with Crippen LogP contribution in [-0.4, -0.2) is 17.1 Å². The molecule has 14 heavy (non-hydrogen) atoms. The van der Waals surface area contributed by atoms with Crippen LogP contribution >= 0.6 is 15.9 Å². The van der Waals surface area contributed by atoms with Gasteiger partial charge in [0.25, 0.3) is 0 Å². The zero-order chi connectivity index (χ0) is 10.1. The molecule has 2 N–H and O–H groups in total. The Morgan fingerprint density at radius 1 is 1.57 bits per heavy atom. The molecule has 1 aromatic carbocycles. The Hall–Kier alpha value is -1.03. The van der Waals surface area contributed by atoms with Gasteiger partial charge in [-0.1, -0.05) is 15.9 Å². The van der Waals surface area contributed by atoms with E-state index in [1.807, 2.05) is 18.2 Å². The van der Waals surface area contributed by atoms with E-state index in [2.05, 4.69) is 21.2 Å². The summed E-state index contributed by atoms with van der Waals surface area (Å²) < 4.78 is 1.03. The standard InChI is InChI=1S/C10H10BrNO2/c11-7-2-4-8-6(5-7)1-3-9(12-8)10(13)14/h2,4-5,9,12H,1,3H2,(H,13,14)/t9-/m1/s1. The summed E-state index contributed by atoms with van der Waals surface area (Å²) in [5.74, 6) is -0.779. The second-order valence-electron chi connectivity index (χ2n) is 3.38. The molecule has 0 radical (unpaired) electrons. The van der Waals surface area contributed by atoms with Crippen molar-refractivity contribution in [2.45, 2.75) is 18.9 Å². The Morgan fingerprint density at radius 2 is 2.36 bits per heavy atom. The van der Waals surface area contributed by atoms with Crippen LogP contribution in [-0.2, 0) is 11.2 Å². The number of aryl methyl sites for hydroxylation is 1. The molecule has 1 heterocycles. The van der Waals surface area contributed by atoms with Gasteiger partial charge in [-0.05, 0) is 36.6 Å². The van der Waals surface area contributed by atoms with Crippen molar-refractivity contribution in [3.8, 4) is 0 Å². The SMILES string of the molecule is O=C(O)[C@H]1CCc2cc(Br)ccc2N1. The van der Waals surface area contributed by atoms with E-state index in [4.69, 9.17) is 5.11 Å². The van der Waals surface area contributed by atoms with Crippen LogP contribution in [0.2, 0.25) is 0 Å². The Kier molecular flexibility index (Phi) is 2.46. The first-order chi connectivity index (χ1) is 6.66. The van der Waals surface area contributed by atoms with Crippen LogP contribution in [0.15, 0.2) is 22.7 Å². The van der Waals surface area contributed by atoms with Gasteiger partial charge < -0.3 is 10.4 Å². The second-order valence-corrected chi connectivity index (χ2v) is 4.29. The molecule has 0 bridgehead atoms. The molecule has 1 aliphatic heterocycles. The van der Waals surface area contributed by atoms with E-state index < -0.39 is 12.0 Å². The highest BCUT2D eigenvalue weighted by Crippen LogP contribution is 2.27. The first-order valence-electron chi connectivity index (χ1n) is 4.44. The van der Waals surface area contributed by atoms with E-state index in [9.17, 15) is 4.79 Å². The number of rotatable bonds is 1. The van der Waals surface area contributed by atoms with E-state index in [0.29, 0.717) is 6.42 Å². The van der Waals surface area contributed by atoms with Crippen LogP contribution in [0.5, 0.6) is 0 Å². The van der Waals surface area contributed by atoms with Crippen molar-refractivity contribution in [2.75, 3.05) is 5.32 Å². The fourth-order valence-corrected chi connectivity index (χ4v) is 2.06. The Bertz CT molecular complexity index is 378. The summed E-state index contributed by atoms with van der Waals surface area (Å²) >= 11 is 3.39. The van der Waals surface area contributed by atoms with Gasteiger partial charge in [-0.2, -0.15) is 0 Å². The molecule has 0 unspecified atom stereocenters. The highest BCUT2D eigenvalue weighted by Gasteiger charge is 2.22. The molecule has 0 saturated heterocycles. The number of fused-ring (bicyclic) bond motifs is 1. The minimum atomic E-state index is -0.779. The summed E-state index contributed by atoms with van der Waals surface area (Å²) in [6, 6.07) is 5.41. The Morgan fingerprint density at radius 3 is 3.07 bits per heavy atom. The van der Waals surface area contributed by atoms with E-state index in [-0.39, 0.29) is 0 Å². The van der Waals surface area contributed by atoms with E-state index in [1.54, 1.807) is 0 Å². The molecule has 0 fully saturated rings. The first-order valence-corrected chi connectivity index (χ1v) is 5.24. The van der Waals surface area contributed by atoms with Gasteiger partial charge in [0.05, 0.1) is 0 Å². The number of carbonyl (C=O) groups is 1. The van der Waals surface area contributed by atoms with Crippen molar-refractivity contribution in [3.63, 3.8) is 0 Å². The normalized spacial score (nSPS) is 19.6. The summed E-state index contributed by atoms with van der Waals surface area (Å²) in [4.78, 5) is 10.8. The molecule has 1 aliphatic rings. The summed E-state index contributed by atoms with van der Waals surface area (Å²) in [6.07, 6.45) is 1.47. The maximum absolute atomic E-state index is 10.8. The molecule has 1 atom stereocenters. The van der Waals surface area contributed by atoms with Gasteiger partial charge in [0.1, 0.15) is 6.04 Å². The van der Waals surface area contributed by atoms with Crippen LogP contribution in [0.4, 0.5) is 5.69 Å². The quantitative estimate of drug-likeness (QED) is 0.810. The molecule has 0 saturated carbocycles. The van der Waals surface area contributed by atoms with Crippen molar-refractivity contribution in [2.24, 2.45) is 0 Å². The largest absolute Gasteiger partial charge is 0.480 e. The van der Waals surface area contributed by atoms with Crippen molar-refractivity contribution >= 4 is 27.6 Å². The van der Waals surface area contributed by atoms with Crippen LogP contribution in [0.1, 0.15) is 12.0 Å². The molecule has 0 amide bonds. The summed E-state index contributed by atoms with van der Waals surface area (Å²) in [5, 5.41) is 11.8. The molecule has 0 aliphatic carbocycles. The van der Waals surface area contributed by atoms with Gasteiger partial charge in [0, 0.05) is 10.2 Å². The third kappa shape index (κ3) is 1.75. The first kappa shape index (κ1) is 9.52. The second kappa shape index (κ2) is 3.61. The van der Waals surface area contributed by atoms with Gasteiger partial charge >= 0.3 is 5.97 Å². The number of carboxylic acid groups (broad SMARTS) is 1. The van der Waals surface area contributed by atoms with Crippen LogP contribution in [0.25, 0.3) is 0 Å². The number of nitrogens with one attached hydrogen (secondary N) is 1. The molecule has 3 nitrogen and oxygen atoms in total. The summed E-state index contributed by atoms with van der Waals surface area (Å²) in [7, 11) is 0. The average Bonchev–Trinajstić information content (AvgIpc) is 2.16. The predicted molar refractivity (Wildman–Crippen MR) is 57.5 cm³/mol. The molecular formula is C10H10BrNO2. The third-order valence-electron chi connectivity index (χ3n) is 2.40. The number of halogens is 1. The summed E-state index contributed by atoms with van der Waals surface area (Å²) in [6.45, 7) is 0. The maximum Gasteiger partial charge on any atom is 0.326 e. The molecular weight excluding hydrogens is 246 g/mol. The fourth-order valence-electron chi connectivity index (χ4n) is 1.65. The van der Waals surface area contributed by atoms with Gasteiger partial charge in [0.2, 0.25) is 0 Å². The highest BCUT2D eigenvalue weighted by atomic mass is 79.9. The molecule has 0 spiro atoms. The number of aliphatic carboxylic acids is 1. The van der Waals surface area contributed by atoms with Gasteiger partial charge in [-0.25, -0.2) is 4.79 Å². The molecule has 74 valence electrons. The van der Waals surface area contributed by atoms with Crippen LogP contribution < -0.4 is 5.32 Å². The molecule has 2 rings (SSSR count). The topological polar surface area (TPSA) is 49.3 Å². The monoisotopic (exact) mass is 255 g/mol. The van der Waals surface area contributed by atoms with Crippen molar-refractivity contribution in [1.82, 2.24) is 0 Å². The van der Waals surface area contributed by atoms with E-state index in [0.717, 1.165) is 16.6 Å². The Labute approximate surface area is 90.3 Å². The number of benzene rings is 1. The van der Waals surface area contributed by atoms with Crippen LogP contribution in [0, 0.1) is 0 Å². The lowest BCUT2D eigenvalue weighted by Crippen LogP contribution is -2.33. The number of hydrogen-bond donors (Lipinski definition) is 2. The fraction of sp³-hybridized carbons (Fsp3) is 0.300. The van der Waals surface area contributed by atoms with E-state index >= 15 is 0 Å². The minimum absolute atomic E-state index is 0.441. The molecule has 0 aromatic heterocycles. The zero-order valence-electron chi connectivity index (χ0n) is 7.46. The van der Waals surface area contributed by atoms with Crippen LogP contribution in [0.3, 0.4) is 0 Å². The number of carboxylic acids is 1. The highest BCUT2D eigenvalue weighted by molar-refractivity contribution is 9.10. The van der Waals surface area contributed by atoms with Crippen molar-refractivity contribution < 1.29 is 9.90 Å². The van der Waals surface area contributed by atoms with Gasteiger partial charge in [-0.3, -0.25) is 0 Å². The zero-order valence-corrected chi connectivity index (χ0v) is 9.04. The average molecular weight is 256 g/mol. The van der Waals surface area contributed by atoms with Crippen molar-refractivity contribution in [1.29, 1.82) is 0 Å². The molecule has 1 aromatic rings. The Balaban J connectivity index is 2.27. The lowest BCUT2D eigenvalue weighted by molar-refractivity contribution is -0.138. The predicted octanol–water partition coefficient (Wildman–Crippen LogP) is 2.26. The smallest absolute Gasteiger partial charge is 0.326 e.